The molecule has 1 aliphatic rings. The first-order valence-electron chi connectivity index (χ1n) is 7.96. The molecule has 0 aromatic carbocycles. The maximum absolute atomic E-state index is 11.4. The largest absolute Gasteiger partial charge is 0.364 e. The molecule has 0 radical (unpaired) electrons. The van der Waals surface area contributed by atoms with Gasteiger partial charge in [0.1, 0.15) is 5.82 Å². The summed E-state index contributed by atoms with van der Waals surface area (Å²) in [6.07, 6.45) is 10.9. The lowest BCUT2D eigenvalue weighted by molar-refractivity contribution is 0.328. The van der Waals surface area contributed by atoms with E-state index in [9.17, 15) is 8.42 Å². The molecule has 0 aliphatic heterocycles. The molecule has 1 fully saturated rings. The Morgan fingerprint density at radius 3 is 2.65 bits per heavy atom. The second-order valence-corrected chi connectivity index (χ2v) is 8.10. The number of hydrogen-bond acceptors (Lipinski definition) is 5. The third kappa shape index (κ3) is 4.10. The zero-order valence-electron chi connectivity index (χ0n) is 13.3. The van der Waals surface area contributed by atoms with E-state index in [0.717, 1.165) is 5.69 Å². The van der Waals surface area contributed by atoms with Gasteiger partial charge in [-0.25, -0.2) is 13.4 Å². The lowest BCUT2D eigenvalue weighted by atomic mass is 9.96. The first-order valence-corrected chi connectivity index (χ1v) is 9.85. The number of rotatable bonds is 5. The van der Waals surface area contributed by atoms with E-state index in [-0.39, 0.29) is 4.90 Å². The summed E-state index contributed by atoms with van der Waals surface area (Å²) in [6.45, 7) is 0.574. The van der Waals surface area contributed by atoms with Crippen LogP contribution in [0.3, 0.4) is 0 Å². The Kier molecular flexibility index (Phi) is 4.66. The van der Waals surface area contributed by atoms with Gasteiger partial charge in [-0.15, -0.1) is 0 Å². The molecule has 1 aliphatic carbocycles. The van der Waals surface area contributed by atoms with Crippen molar-refractivity contribution in [3.8, 4) is 0 Å². The van der Waals surface area contributed by atoms with Crippen molar-refractivity contribution in [1.29, 1.82) is 0 Å². The van der Waals surface area contributed by atoms with Gasteiger partial charge >= 0.3 is 0 Å². The summed E-state index contributed by atoms with van der Waals surface area (Å²) >= 11 is 0. The Hall–Kier alpha value is -1.89. The molecule has 23 heavy (non-hydrogen) atoms. The molecule has 2 aromatic heterocycles. The summed E-state index contributed by atoms with van der Waals surface area (Å²) in [7, 11) is -3.20. The average Bonchev–Trinajstić information content (AvgIpc) is 3.02. The number of nitrogens with one attached hydrogen (secondary N) is 1. The highest BCUT2D eigenvalue weighted by atomic mass is 32.2. The highest BCUT2D eigenvalue weighted by Crippen LogP contribution is 2.27. The van der Waals surface area contributed by atoms with Crippen LogP contribution in [-0.2, 0) is 16.4 Å². The molecule has 2 heterocycles. The van der Waals surface area contributed by atoms with Gasteiger partial charge in [0.05, 0.1) is 23.2 Å². The Morgan fingerprint density at radius 1 is 1.22 bits per heavy atom. The second kappa shape index (κ2) is 6.70. The molecule has 124 valence electrons. The van der Waals surface area contributed by atoms with Crippen LogP contribution in [-0.4, -0.2) is 29.4 Å². The Morgan fingerprint density at radius 2 is 2.00 bits per heavy atom. The average molecular weight is 334 g/mol. The number of nitrogens with zero attached hydrogens (tertiary/aromatic N) is 3. The number of hydrogen-bond donors (Lipinski definition) is 1. The van der Waals surface area contributed by atoms with Crippen LogP contribution in [0.5, 0.6) is 0 Å². The maximum atomic E-state index is 11.4. The van der Waals surface area contributed by atoms with Gasteiger partial charge in [0.25, 0.3) is 0 Å². The molecule has 0 unspecified atom stereocenters. The SMILES string of the molecule is CS(=O)(=O)c1ccc(NCc2ccn(C3CCCCC3)n2)nc1. The molecule has 3 rings (SSSR count). The molecule has 0 spiro atoms. The smallest absolute Gasteiger partial charge is 0.177 e. The van der Waals surface area contributed by atoms with Crippen LogP contribution < -0.4 is 5.32 Å². The summed E-state index contributed by atoms with van der Waals surface area (Å²) in [5.74, 6) is 0.643. The molecule has 0 bridgehead atoms. The summed E-state index contributed by atoms with van der Waals surface area (Å²) in [6, 6.07) is 5.79. The van der Waals surface area contributed by atoms with Crippen LogP contribution in [0.2, 0.25) is 0 Å². The van der Waals surface area contributed by atoms with E-state index in [1.54, 1.807) is 12.1 Å². The van der Waals surface area contributed by atoms with Crippen molar-refractivity contribution in [2.75, 3.05) is 11.6 Å². The van der Waals surface area contributed by atoms with Crippen molar-refractivity contribution in [3.63, 3.8) is 0 Å². The topological polar surface area (TPSA) is 76.9 Å². The van der Waals surface area contributed by atoms with E-state index in [1.165, 1.54) is 44.6 Å². The van der Waals surface area contributed by atoms with Gasteiger partial charge in [0.2, 0.25) is 0 Å². The number of anilines is 1. The van der Waals surface area contributed by atoms with Crippen LogP contribution in [0, 0.1) is 0 Å². The maximum Gasteiger partial charge on any atom is 0.177 e. The van der Waals surface area contributed by atoms with Crippen molar-refractivity contribution in [3.05, 3.63) is 36.3 Å². The van der Waals surface area contributed by atoms with Crippen LogP contribution in [0.1, 0.15) is 43.8 Å². The number of pyridine rings is 1. The Bertz CT molecular complexity index is 747. The fraction of sp³-hybridized carbons (Fsp3) is 0.500. The van der Waals surface area contributed by atoms with Crippen molar-refractivity contribution in [2.24, 2.45) is 0 Å². The number of sulfone groups is 1. The van der Waals surface area contributed by atoms with Gasteiger partial charge in [0, 0.05) is 18.6 Å². The third-order valence-electron chi connectivity index (χ3n) is 4.23. The van der Waals surface area contributed by atoms with Crippen LogP contribution in [0.4, 0.5) is 5.82 Å². The highest BCUT2D eigenvalue weighted by molar-refractivity contribution is 7.90. The molecule has 1 saturated carbocycles. The highest BCUT2D eigenvalue weighted by Gasteiger charge is 2.16. The molecule has 6 nitrogen and oxygen atoms in total. The van der Waals surface area contributed by atoms with Crippen molar-refractivity contribution in [2.45, 2.75) is 49.6 Å². The predicted molar refractivity (Wildman–Crippen MR) is 89.0 cm³/mol. The van der Waals surface area contributed by atoms with Gasteiger partial charge in [-0.3, -0.25) is 4.68 Å². The fourth-order valence-corrected chi connectivity index (χ4v) is 3.47. The van der Waals surface area contributed by atoms with Gasteiger partial charge in [-0.1, -0.05) is 19.3 Å². The molecule has 2 aromatic rings. The minimum Gasteiger partial charge on any atom is -0.364 e. The van der Waals surface area contributed by atoms with E-state index in [0.29, 0.717) is 18.4 Å². The van der Waals surface area contributed by atoms with E-state index in [2.05, 4.69) is 20.1 Å². The van der Waals surface area contributed by atoms with Gasteiger partial charge in [-0.2, -0.15) is 5.10 Å². The summed E-state index contributed by atoms with van der Waals surface area (Å²) in [5, 5.41) is 7.81. The summed E-state index contributed by atoms with van der Waals surface area (Å²) in [4.78, 5) is 4.36. The normalized spacial score (nSPS) is 16.4. The zero-order chi connectivity index (χ0) is 16.3. The van der Waals surface area contributed by atoms with E-state index in [1.807, 2.05) is 12.3 Å². The second-order valence-electron chi connectivity index (χ2n) is 6.08. The lowest BCUT2D eigenvalue weighted by Gasteiger charge is -2.21. The molecular formula is C16H22N4O2S. The zero-order valence-corrected chi connectivity index (χ0v) is 14.1. The van der Waals surface area contributed by atoms with E-state index in [4.69, 9.17) is 0 Å². The minimum absolute atomic E-state index is 0.227. The third-order valence-corrected chi connectivity index (χ3v) is 5.33. The summed E-state index contributed by atoms with van der Waals surface area (Å²) in [5.41, 5.74) is 0.963. The fourth-order valence-electron chi connectivity index (χ4n) is 2.91. The quantitative estimate of drug-likeness (QED) is 0.910. The molecule has 0 amide bonds. The molecular weight excluding hydrogens is 312 g/mol. The van der Waals surface area contributed by atoms with Gasteiger partial charge < -0.3 is 5.32 Å². The van der Waals surface area contributed by atoms with E-state index >= 15 is 0 Å². The first kappa shape index (κ1) is 16.0. The Balaban J connectivity index is 1.59. The molecule has 0 atom stereocenters. The Labute approximate surface area is 136 Å². The summed E-state index contributed by atoms with van der Waals surface area (Å²) < 4.78 is 24.9. The van der Waals surface area contributed by atoms with Crippen molar-refractivity contribution in [1.82, 2.24) is 14.8 Å². The van der Waals surface area contributed by atoms with Crippen LogP contribution in [0.15, 0.2) is 35.5 Å². The standard InChI is InChI=1S/C16H22N4O2S/c1-23(21,22)15-7-8-16(18-12-15)17-11-13-9-10-20(19-13)14-5-3-2-4-6-14/h7-10,12,14H,2-6,11H2,1H3,(H,17,18). The van der Waals surface area contributed by atoms with Crippen molar-refractivity contribution >= 4 is 15.7 Å². The minimum atomic E-state index is -3.20. The number of aromatic nitrogens is 3. The lowest BCUT2D eigenvalue weighted by Crippen LogP contribution is -2.14. The first-order chi connectivity index (χ1) is 11.0. The van der Waals surface area contributed by atoms with Crippen LogP contribution in [0.25, 0.3) is 0 Å². The molecule has 7 heteroatoms. The van der Waals surface area contributed by atoms with Crippen LogP contribution >= 0.6 is 0 Å². The monoisotopic (exact) mass is 334 g/mol. The van der Waals surface area contributed by atoms with E-state index < -0.39 is 9.84 Å². The van der Waals surface area contributed by atoms with Crippen molar-refractivity contribution < 1.29 is 8.42 Å². The molecule has 0 saturated heterocycles. The molecule has 1 N–H and O–H groups in total. The van der Waals surface area contributed by atoms with Gasteiger partial charge in [0.15, 0.2) is 9.84 Å². The predicted octanol–water partition coefficient (Wildman–Crippen LogP) is 2.80. The van der Waals surface area contributed by atoms with Gasteiger partial charge in [-0.05, 0) is 31.0 Å².